The van der Waals surface area contributed by atoms with Gasteiger partial charge in [0, 0.05) is 12.1 Å². The van der Waals surface area contributed by atoms with Gasteiger partial charge in [0.05, 0.1) is 18.0 Å². The molecule has 0 N–H and O–H groups in total. The maximum atomic E-state index is 10.4. The second-order valence-corrected chi connectivity index (χ2v) is 3.13. The molecule has 0 aliphatic carbocycles. The molecule has 6 heteroatoms. The van der Waals surface area contributed by atoms with Crippen molar-refractivity contribution in [3.05, 3.63) is 34.4 Å². The Bertz CT molecular complexity index is 363. The van der Waals surface area contributed by atoms with Crippen molar-refractivity contribution >= 4 is 22.5 Å². The van der Waals surface area contributed by atoms with Crippen LogP contribution in [0.1, 0.15) is 6.42 Å². The monoisotopic (exact) mass is 229 g/mol. The maximum Gasteiger partial charge on any atom is 0.269 e. The molecular weight excluding hydrogens is 222 g/mol. The molecule has 1 aromatic rings. The highest BCUT2D eigenvalue weighted by Gasteiger charge is 2.04. The molecule has 0 spiro atoms. The minimum Gasteiger partial charge on any atom is -0.493 e. The minimum absolute atomic E-state index is 0.00392. The molecule has 5 nitrogen and oxygen atoms in total. The van der Waals surface area contributed by atoms with Crippen molar-refractivity contribution < 1.29 is 14.5 Å². The number of carbonyl (C=O) groups excluding carboxylic acids is 1. The van der Waals surface area contributed by atoms with Crippen LogP contribution in [-0.4, -0.2) is 16.8 Å². The van der Waals surface area contributed by atoms with Gasteiger partial charge in [0.15, 0.2) is 0 Å². The Morgan fingerprint density at radius 2 is 2.00 bits per heavy atom. The predicted molar refractivity (Wildman–Crippen MR) is 54.1 cm³/mol. The number of hydrogen-bond acceptors (Lipinski definition) is 4. The van der Waals surface area contributed by atoms with Crippen molar-refractivity contribution in [1.29, 1.82) is 0 Å². The van der Waals surface area contributed by atoms with Crippen LogP contribution in [0.3, 0.4) is 0 Å². The van der Waals surface area contributed by atoms with E-state index in [1.165, 1.54) is 24.3 Å². The quantitative estimate of drug-likeness (QED) is 0.441. The fourth-order valence-electron chi connectivity index (χ4n) is 0.913. The summed E-state index contributed by atoms with van der Waals surface area (Å²) < 4.78 is 5.12. The van der Waals surface area contributed by atoms with Crippen molar-refractivity contribution in [3.8, 4) is 5.75 Å². The number of benzene rings is 1. The SMILES string of the molecule is O=C(Cl)CCOc1ccc([N+](=O)[O-])cc1. The molecule has 0 unspecified atom stereocenters. The number of carbonyl (C=O) groups is 1. The van der Waals surface area contributed by atoms with Crippen LogP contribution in [0.4, 0.5) is 5.69 Å². The third-order valence-corrected chi connectivity index (χ3v) is 1.80. The first-order chi connectivity index (χ1) is 7.09. The molecule has 80 valence electrons. The molecule has 0 bridgehead atoms. The average molecular weight is 230 g/mol. The fraction of sp³-hybridized carbons (Fsp3) is 0.222. The van der Waals surface area contributed by atoms with Crippen LogP contribution >= 0.6 is 11.6 Å². The van der Waals surface area contributed by atoms with Gasteiger partial charge in [-0.05, 0) is 23.7 Å². The van der Waals surface area contributed by atoms with Crippen LogP contribution in [0, 0.1) is 10.1 Å². The van der Waals surface area contributed by atoms with E-state index in [9.17, 15) is 14.9 Å². The summed E-state index contributed by atoms with van der Waals surface area (Å²) in [6, 6.07) is 5.60. The predicted octanol–water partition coefficient (Wildman–Crippen LogP) is 2.13. The normalized spacial score (nSPS) is 9.67. The second-order valence-electron chi connectivity index (χ2n) is 2.70. The molecule has 1 rings (SSSR count). The Hall–Kier alpha value is -1.62. The zero-order chi connectivity index (χ0) is 11.3. The van der Waals surface area contributed by atoms with Gasteiger partial charge in [0.1, 0.15) is 5.75 Å². The van der Waals surface area contributed by atoms with Gasteiger partial charge in [0.2, 0.25) is 5.24 Å². The summed E-state index contributed by atoms with van der Waals surface area (Å²) in [5.74, 6) is 0.471. The van der Waals surface area contributed by atoms with E-state index in [0.29, 0.717) is 5.75 Å². The number of nitrogens with zero attached hydrogens (tertiary/aromatic N) is 1. The number of non-ortho nitro benzene ring substituents is 1. The summed E-state index contributed by atoms with van der Waals surface area (Å²) >= 11 is 5.10. The van der Waals surface area contributed by atoms with Crippen molar-refractivity contribution in [2.24, 2.45) is 0 Å². The number of nitro groups is 1. The summed E-state index contributed by atoms with van der Waals surface area (Å²) in [5, 5.41) is 9.84. The van der Waals surface area contributed by atoms with Crippen molar-refractivity contribution in [3.63, 3.8) is 0 Å². The minimum atomic E-state index is -0.494. The zero-order valence-corrected chi connectivity index (χ0v) is 8.44. The van der Waals surface area contributed by atoms with Gasteiger partial charge < -0.3 is 4.74 Å². The Morgan fingerprint density at radius 3 is 2.47 bits per heavy atom. The number of nitro benzene ring substituents is 1. The standard InChI is InChI=1S/C9H8ClNO4/c10-9(12)5-6-15-8-3-1-7(2-4-8)11(13)14/h1-4H,5-6H2. The number of halogens is 1. The topological polar surface area (TPSA) is 69.4 Å². The highest BCUT2D eigenvalue weighted by atomic mass is 35.5. The summed E-state index contributed by atoms with van der Waals surface area (Å²) in [6.07, 6.45) is 0.110. The Labute approximate surface area is 90.8 Å². The molecule has 0 heterocycles. The Kier molecular flexibility index (Phi) is 4.05. The smallest absolute Gasteiger partial charge is 0.269 e. The van der Waals surface area contributed by atoms with Gasteiger partial charge in [-0.1, -0.05) is 0 Å². The lowest BCUT2D eigenvalue weighted by molar-refractivity contribution is -0.384. The maximum absolute atomic E-state index is 10.4. The fourth-order valence-corrected chi connectivity index (χ4v) is 0.990. The van der Waals surface area contributed by atoms with Gasteiger partial charge in [-0.15, -0.1) is 0 Å². The van der Waals surface area contributed by atoms with E-state index in [1.807, 2.05) is 0 Å². The van der Waals surface area contributed by atoms with E-state index in [0.717, 1.165) is 0 Å². The van der Waals surface area contributed by atoms with Gasteiger partial charge >= 0.3 is 0 Å². The molecule has 0 saturated carbocycles. The van der Waals surface area contributed by atoms with Crippen molar-refractivity contribution in [1.82, 2.24) is 0 Å². The number of rotatable bonds is 5. The molecule has 0 radical (unpaired) electrons. The molecule has 0 aliphatic rings. The van der Waals surface area contributed by atoms with Crippen LogP contribution in [-0.2, 0) is 4.79 Å². The summed E-state index contributed by atoms with van der Waals surface area (Å²) in [5.41, 5.74) is -0.00392. The molecule has 15 heavy (non-hydrogen) atoms. The van der Waals surface area contributed by atoms with Crippen LogP contribution < -0.4 is 4.74 Å². The number of ether oxygens (including phenoxy) is 1. The molecule has 0 saturated heterocycles. The van der Waals surface area contributed by atoms with E-state index < -0.39 is 10.2 Å². The first kappa shape index (κ1) is 11.5. The molecule has 0 aromatic heterocycles. The van der Waals surface area contributed by atoms with Gasteiger partial charge in [-0.3, -0.25) is 14.9 Å². The molecule has 0 amide bonds. The Morgan fingerprint density at radius 1 is 1.40 bits per heavy atom. The van der Waals surface area contributed by atoms with E-state index in [4.69, 9.17) is 16.3 Å². The van der Waals surface area contributed by atoms with Crippen molar-refractivity contribution in [2.75, 3.05) is 6.61 Å². The Balaban J connectivity index is 2.50. The van der Waals surface area contributed by atoms with Crippen LogP contribution in [0.2, 0.25) is 0 Å². The van der Waals surface area contributed by atoms with Crippen LogP contribution in [0.15, 0.2) is 24.3 Å². The molecule has 0 atom stereocenters. The number of hydrogen-bond donors (Lipinski definition) is 0. The zero-order valence-electron chi connectivity index (χ0n) is 7.68. The molecule has 0 aliphatic heterocycles. The van der Waals surface area contributed by atoms with E-state index in [1.54, 1.807) is 0 Å². The third-order valence-electron chi connectivity index (χ3n) is 1.61. The first-order valence-electron chi connectivity index (χ1n) is 4.15. The first-order valence-corrected chi connectivity index (χ1v) is 4.53. The van der Waals surface area contributed by atoms with Gasteiger partial charge in [-0.25, -0.2) is 0 Å². The van der Waals surface area contributed by atoms with Crippen molar-refractivity contribution in [2.45, 2.75) is 6.42 Å². The molecule has 0 fully saturated rings. The summed E-state index contributed by atoms with van der Waals surface area (Å²) in [4.78, 5) is 20.2. The van der Waals surface area contributed by atoms with Gasteiger partial charge in [0.25, 0.3) is 5.69 Å². The highest BCUT2D eigenvalue weighted by Crippen LogP contribution is 2.17. The van der Waals surface area contributed by atoms with E-state index in [2.05, 4.69) is 0 Å². The molecular formula is C9H8ClNO4. The van der Waals surface area contributed by atoms with Crippen LogP contribution in [0.25, 0.3) is 0 Å². The van der Waals surface area contributed by atoms with E-state index >= 15 is 0 Å². The lowest BCUT2D eigenvalue weighted by atomic mass is 10.3. The summed E-state index contributed by atoms with van der Waals surface area (Å²) in [7, 11) is 0. The highest BCUT2D eigenvalue weighted by molar-refractivity contribution is 6.63. The lowest BCUT2D eigenvalue weighted by Gasteiger charge is -2.03. The largest absolute Gasteiger partial charge is 0.493 e. The van der Waals surface area contributed by atoms with E-state index in [-0.39, 0.29) is 18.7 Å². The summed E-state index contributed by atoms with van der Waals surface area (Å²) in [6.45, 7) is 0.167. The molecule has 1 aromatic carbocycles. The van der Waals surface area contributed by atoms with Crippen LogP contribution in [0.5, 0.6) is 5.75 Å². The lowest BCUT2D eigenvalue weighted by Crippen LogP contribution is -2.01. The second kappa shape index (κ2) is 5.31. The van der Waals surface area contributed by atoms with Gasteiger partial charge in [-0.2, -0.15) is 0 Å². The average Bonchev–Trinajstić information content (AvgIpc) is 2.18. The third kappa shape index (κ3) is 3.95.